The molecule has 0 unspecified atom stereocenters. The summed E-state index contributed by atoms with van der Waals surface area (Å²) in [6, 6.07) is 8.81. The van der Waals surface area contributed by atoms with Gasteiger partial charge in [-0.2, -0.15) is 23.5 Å². The van der Waals surface area contributed by atoms with Crippen LogP contribution >= 0.6 is 23.5 Å². The van der Waals surface area contributed by atoms with Crippen molar-refractivity contribution in [2.45, 2.75) is 152 Å². The van der Waals surface area contributed by atoms with Crippen LogP contribution in [0.5, 0.6) is 0 Å². The molecule has 0 radical (unpaired) electrons. The second-order valence-corrected chi connectivity index (χ2v) is 22.8. The molecule has 0 spiro atoms. The molecule has 0 aliphatic carbocycles. The molecule has 76 heavy (non-hydrogen) atoms. The van der Waals surface area contributed by atoms with Gasteiger partial charge in [0, 0.05) is 94.5 Å². The number of fused-ring (bicyclic) bond motifs is 4. The summed E-state index contributed by atoms with van der Waals surface area (Å²) in [7, 11) is 0. The Kier molecular flexibility index (Phi) is 23.6. The number of nitrogens with one attached hydrogen (secondary N) is 4. The van der Waals surface area contributed by atoms with Crippen LogP contribution in [-0.2, 0) is 67.6 Å². The molecular formula is C55H78N8O11S2. The van der Waals surface area contributed by atoms with E-state index in [1.165, 1.54) is 23.6 Å². The molecule has 6 amide bonds. The Labute approximate surface area is 454 Å². The molecule has 4 aliphatic rings. The minimum Gasteiger partial charge on any atom is -0.481 e. The van der Waals surface area contributed by atoms with Gasteiger partial charge in [-0.05, 0) is 74.1 Å². The molecule has 2 aromatic rings. The summed E-state index contributed by atoms with van der Waals surface area (Å²) in [5.41, 5.74) is 9.19. The first-order chi connectivity index (χ1) is 36.5. The Morgan fingerprint density at radius 3 is 2.04 bits per heavy atom. The molecule has 3 fully saturated rings. The molecule has 19 nitrogen and oxygen atoms in total. The number of aliphatic hydroxyl groups excluding tert-OH is 1. The molecule has 4 aliphatic heterocycles. The smallest absolute Gasteiger partial charge is 0.307 e. The van der Waals surface area contributed by atoms with Crippen LogP contribution in [0.15, 0.2) is 48.5 Å². The zero-order chi connectivity index (χ0) is 54.7. The highest BCUT2D eigenvalue weighted by Crippen LogP contribution is 2.30. The molecule has 6 rings (SSSR count). The van der Waals surface area contributed by atoms with Crippen LogP contribution in [0.1, 0.15) is 113 Å². The highest BCUT2D eigenvalue weighted by Gasteiger charge is 2.45. The van der Waals surface area contributed by atoms with Gasteiger partial charge in [0.15, 0.2) is 5.78 Å². The third-order valence-electron chi connectivity index (χ3n) is 14.6. The van der Waals surface area contributed by atoms with E-state index in [2.05, 4.69) is 51.3 Å². The van der Waals surface area contributed by atoms with Gasteiger partial charge in [0.25, 0.3) is 0 Å². The number of carbonyl (C=O) groups is 9. The van der Waals surface area contributed by atoms with E-state index < -0.39 is 95.9 Å². The zero-order valence-corrected chi connectivity index (χ0v) is 45.6. The monoisotopic (exact) mass is 1090 g/mol. The van der Waals surface area contributed by atoms with Crippen molar-refractivity contribution in [3.63, 3.8) is 0 Å². The van der Waals surface area contributed by atoms with Gasteiger partial charge in [-0.3, -0.25) is 48.1 Å². The fraction of sp³-hybridized carbons (Fsp3) is 0.618. The van der Waals surface area contributed by atoms with E-state index in [-0.39, 0.29) is 56.1 Å². The number of carbonyl (C=O) groups excluding carboxylic acids is 8. The van der Waals surface area contributed by atoms with Gasteiger partial charge in [0.05, 0.1) is 24.0 Å². The Morgan fingerprint density at radius 2 is 1.39 bits per heavy atom. The number of benzene rings is 2. The standard InChI is InChI=1S/C55H78N8O11S2/c1-3-4-6-13-42(65)28-40-33-75-31-38-24-37(30-61-22-18-57-19-23-61)25-39(26-38)32-76-34-41(55(73)74)29-47(66)44(27-36-11-7-5-8-12-36)59-50(68)43(16-17-48(56)67)58-52(70)49(35(2)64)60-51(69)45-14-9-20-62(45)54(72)46-15-10-21-63(46)53(40)71/h5,7-8,11-12,24-26,35,40-41,43-46,49,57,64H,3-4,6,9-10,13-23,27-34H2,1-2H3,(H2,56,67)(H,58,70)(H,59,68)(H,60,69)(H,73,74)/t35-,40+,41+,43+,44+,45+,46+,49+/m1/s1. The third kappa shape index (κ3) is 17.9. The van der Waals surface area contributed by atoms with E-state index in [1.54, 1.807) is 47.0 Å². The lowest BCUT2D eigenvalue weighted by Gasteiger charge is -2.33. The van der Waals surface area contributed by atoms with Crippen molar-refractivity contribution < 1.29 is 53.4 Å². The summed E-state index contributed by atoms with van der Waals surface area (Å²) in [5.74, 6) is -6.38. The number of aliphatic carboxylic acids is 1. The number of thioether (sulfide) groups is 2. The first kappa shape index (κ1) is 59.9. The number of ketones is 2. The minimum absolute atomic E-state index is 0.0151. The fourth-order valence-corrected chi connectivity index (χ4v) is 12.6. The number of piperazine rings is 1. The molecule has 0 aromatic heterocycles. The largest absolute Gasteiger partial charge is 0.481 e. The average Bonchev–Trinajstić information content (AvgIpc) is 4.10. The molecule has 3 saturated heterocycles. The lowest BCUT2D eigenvalue weighted by atomic mass is 9.95. The van der Waals surface area contributed by atoms with Gasteiger partial charge in [-0.25, -0.2) is 0 Å². The second-order valence-electron chi connectivity index (χ2n) is 20.7. The van der Waals surface area contributed by atoms with Gasteiger partial charge in [0.1, 0.15) is 30.0 Å². The molecule has 2 bridgehead atoms. The fourth-order valence-electron chi connectivity index (χ4n) is 10.5. The summed E-state index contributed by atoms with van der Waals surface area (Å²) < 4.78 is 0. The number of nitrogens with zero attached hydrogens (tertiary/aromatic N) is 3. The third-order valence-corrected chi connectivity index (χ3v) is 17.0. The van der Waals surface area contributed by atoms with Crippen molar-refractivity contribution in [2.75, 3.05) is 50.8 Å². The van der Waals surface area contributed by atoms with Crippen molar-refractivity contribution in [2.24, 2.45) is 17.6 Å². The van der Waals surface area contributed by atoms with E-state index >= 15 is 0 Å². The second kappa shape index (κ2) is 30.0. The summed E-state index contributed by atoms with van der Waals surface area (Å²) in [6.45, 7) is 8.01. The maximum Gasteiger partial charge on any atom is 0.307 e. The van der Waals surface area contributed by atoms with Crippen molar-refractivity contribution in [1.82, 2.24) is 36.0 Å². The average molecular weight is 1090 g/mol. The number of amides is 6. The van der Waals surface area contributed by atoms with Crippen LogP contribution in [0.4, 0.5) is 0 Å². The van der Waals surface area contributed by atoms with E-state index in [0.717, 1.165) is 55.7 Å². The predicted molar refractivity (Wildman–Crippen MR) is 290 cm³/mol. The maximum atomic E-state index is 14.7. The number of carboxylic acid groups (broad SMARTS) is 1. The molecular weight excluding hydrogens is 1010 g/mol. The van der Waals surface area contributed by atoms with Crippen molar-refractivity contribution in [3.05, 3.63) is 70.8 Å². The number of hydrogen-bond donors (Lipinski definition) is 7. The number of rotatable bonds is 15. The van der Waals surface area contributed by atoms with Gasteiger partial charge in [-0.15, -0.1) is 0 Å². The molecule has 8 N–H and O–H groups in total. The normalized spacial score (nSPS) is 25.8. The lowest BCUT2D eigenvalue weighted by molar-refractivity contribution is -0.148. The maximum absolute atomic E-state index is 14.7. The Bertz CT molecular complexity index is 2350. The Morgan fingerprint density at radius 1 is 0.750 bits per heavy atom. The number of aliphatic hydroxyl groups is 1. The molecule has 416 valence electrons. The summed E-state index contributed by atoms with van der Waals surface area (Å²) in [5, 5.41) is 32.6. The summed E-state index contributed by atoms with van der Waals surface area (Å²) >= 11 is 2.91. The SMILES string of the molecule is CCCCCC(=O)C[C@H]1CSCc2cc(cc(CN3CCNCC3)c2)CSC[C@@H](C(=O)O)CC(=O)[C@H](Cc2ccccc2)NC(=O)[C@H](CCC(N)=O)NC(=O)[C@H]([C@@H](C)O)NC(=O)[C@@H]2CCCN2C(=O)[C@@H]2CCCN2C1=O. The van der Waals surface area contributed by atoms with Gasteiger partial charge in [0.2, 0.25) is 35.4 Å². The van der Waals surface area contributed by atoms with Gasteiger partial charge in [-0.1, -0.05) is 68.3 Å². The molecule has 4 heterocycles. The van der Waals surface area contributed by atoms with E-state index in [0.29, 0.717) is 68.0 Å². The van der Waals surface area contributed by atoms with Crippen LogP contribution in [0, 0.1) is 11.8 Å². The highest BCUT2D eigenvalue weighted by atomic mass is 32.2. The molecule has 0 saturated carbocycles. The minimum atomic E-state index is -1.64. The quantitative estimate of drug-likeness (QED) is 0.126. The number of primary amides is 1. The van der Waals surface area contributed by atoms with Gasteiger partial charge >= 0.3 is 5.97 Å². The van der Waals surface area contributed by atoms with E-state index in [1.807, 2.05) is 0 Å². The lowest BCUT2D eigenvalue weighted by Crippen LogP contribution is -2.61. The van der Waals surface area contributed by atoms with E-state index in [9.17, 15) is 53.4 Å². The van der Waals surface area contributed by atoms with Crippen LogP contribution < -0.4 is 27.0 Å². The topological polar surface area (TPSA) is 278 Å². The number of nitrogens with two attached hydrogens (primary N) is 1. The molecule has 21 heteroatoms. The first-order valence-corrected chi connectivity index (χ1v) is 29.3. The number of Topliss-reactive ketones (excluding diaryl/α,β-unsaturated/α-hetero) is 2. The van der Waals surface area contributed by atoms with Crippen molar-refractivity contribution in [3.8, 4) is 0 Å². The van der Waals surface area contributed by atoms with Crippen LogP contribution in [0.25, 0.3) is 0 Å². The molecule has 2 aromatic carbocycles. The Balaban J connectivity index is 1.34. The number of hydrogen-bond acceptors (Lipinski definition) is 14. The zero-order valence-electron chi connectivity index (χ0n) is 44.0. The summed E-state index contributed by atoms with van der Waals surface area (Å²) in [6.07, 6.45) is 1.85. The van der Waals surface area contributed by atoms with Gasteiger partial charge < -0.3 is 47.0 Å². The number of carboxylic acids is 1. The molecule has 8 atom stereocenters. The predicted octanol–water partition coefficient (Wildman–Crippen LogP) is 2.71. The summed E-state index contributed by atoms with van der Waals surface area (Å²) in [4.78, 5) is 130. The van der Waals surface area contributed by atoms with Crippen LogP contribution in [0.2, 0.25) is 0 Å². The van der Waals surface area contributed by atoms with Crippen molar-refractivity contribution >= 4 is 76.5 Å². The highest BCUT2D eigenvalue weighted by molar-refractivity contribution is 7.98. The Hall–Kier alpha value is -5.35. The van der Waals surface area contributed by atoms with Crippen LogP contribution in [-0.4, -0.2) is 165 Å². The van der Waals surface area contributed by atoms with Crippen LogP contribution in [0.3, 0.4) is 0 Å². The van der Waals surface area contributed by atoms with E-state index in [4.69, 9.17) is 5.73 Å². The number of unbranched alkanes of at least 4 members (excludes halogenated alkanes) is 2. The van der Waals surface area contributed by atoms with Crippen molar-refractivity contribution in [1.29, 1.82) is 0 Å². The first-order valence-electron chi connectivity index (χ1n) is 27.0.